The van der Waals surface area contributed by atoms with Crippen LogP contribution in [-0.2, 0) is 0 Å². The van der Waals surface area contributed by atoms with Crippen molar-refractivity contribution in [2.75, 3.05) is 0 Å². The molecule has 0 nitrogen and oxygen atoms in total. The van der Waals surface area contributed by atoms with Gasteiger partial charge in [-0.05, 0) is 0 Å². The maximum atomic E-state index is 2.86. The molecule has 0 bridgehead atoms. The second-order valence-corrected chi connectivity index (χ2v) is 5.64. The molecule has 0 heterocycles. The summed E-state index contributed by atoms with van der Waals surface area (Å²) in [6.07, 6.45) is 10.7. The standard InChI is InChI=1S/C9H15As.C2H6/c10-8-3-6-9(7-8)4-1-2-5-9;1-2/h8H,1-7H2;1-2H3. The SMILES string of the molecule is CC.[As]C1CCC2(CCCC2)C1. The van der Waals surface area contributed by atoms with E-state index in [1.54, 1.807) is 12.8 Å². The fraction of sp³-hybridized carbons (Fsp3) is 1.00. The van der Waals surface area contributed by atoms with E-state index in [0.717, 1.165) is 10.1 Å². The van der Waals surface area contributed by atoms with Gasteiger partial charge in [0.2, 0.25) is 0 Å². The van der Waals surface area contributed by atoms with E-state index in [1.165, 1.54) is 32.1 Å². The first-order valence-corrected chi connectivity index (χ1v) is 6.57. The van der Waals surface area contributed by atoms with Crippen LogP contribution in [0, 0.1) is 5.41 Å². The van der Waals surface area contributed by atoms with Crippen molar-refractivity contribution in [2.24, 2.45) is 5.41 Å². The van der Waals surface area contributed by atoms with Gasteiger partial charge in [-0.25, -0.2) is 0 Å². The molecular formula is C11H21As. The van der Waals surface area contributed by atoms with Gasteiger partial charge in [0.05, 0.1) is 0 Å². The van der Waals surface area contributed by atoms with Crippen LogP contribution < -0.4 is 0 Å². The summed E-state index contributed by atoms with van der Waals surface area (Å²) in [6.45, 7) is 4.00. The van der Waals surface area contributed by atoms with Gasteiger partial charge in [0.25, 0.3) is 0 Å². The first-order valence-electron chi connectivity index (χ1n) is 5.49. The van der Waals surface area contributed by atoms with Crippen LogP contribution >= 0.6 is 0 Å². The van der Waals surface area contributed by atoms with Gasteiger partial charge in [0.1, 0.15) is 0 Å². The van der Waals surface area contributed by atoms with Crippen molar-refractivity contribution in [3.8, 4) is 0 Å². The van der Waals surface area contributed by atoms with Gasteiger partial charge in [-0.1, -0.05) is 13.8 Å². The monoisotopic (exact) mass is 228 g/mol. The minimum atomic E-state index is 0.845. The molecule has 2 rings (SSSR count). The van der Waals surface area contributed by atoms with Crippen LogP contribution in [0.5, 0.6) is 0 Å². The topological polar surface area (TPSA) is 0 Å². The quantitative estimate of drug-likeness (QED) is 0.554. The Balaban J connectivity index is 0.000000336. The molecule has 0 N–H and O–H groups in total. The van der Waals surface area contributed by atoms with Gasteiger partial charge in [0, 0.05) is 0 Å². The molecule has 1 spiro atoms. The summed E-state index contributed by atoms with van der Waals surface area (Å²) in [7, 11) is 0. The van der Waals surface area contributed by atoms with Crippen molar-refractivity contribution >= 4 is 16.9 Å². The molecule has 0 amide bonds. The predicted octanol–water partition coefficient (Wildman–Crippen LogP) is 3.71. The summed E-state index contributed by atoms with van der Waals surface area (Å²) in [5, 5.41) is 0. The summed E-state index contributed by atoms with van der Waals surface area (Å²) >= 11 is 2.86. The van der Waals surface area contributed by atoms with Crippen LogP contribution in [0.4, 0.5) is 0 Å². The number of rotatable bonds is 0. The van der Waals surface area contributed by atoms with Crippen molar-refractivity contribution in [1.82, 2.24) is 0 Å². The van der Waals surface area contributed by atoms with Crippen LogP contribution in [0.2, 0.25) is 4.71 Å². The van der Waals surface area contributed by atoms with E-state index in [1.807, 2.05) is 13.8 Å². The van der Waals surface area contributed by atoms with E-state index in [2.05, 4.69) is 16.9 Å². The van der Waals surface area contributed by atoms with E-state index in [-0.39, 0.29) is 0 Å². The Morgan fingerprint density at radius 1 is 1.08 bits per heavy atom. The molecule has 2 aliphatic carbocycles. The van der Waals surface area contributed by atoms with Crippen molar-refractivity contribution in [3.05, 3.63) is 0 Å². The van der Waals surface area contributed by atoms with E-state index in [9.17, 15) is 0 Å². The molecular weight excluding hydrogens is 207 g/mol. The molecule has 0 saturated heterocycles. The molecule has 0 aromatic rings. The Hall–Kier alpha value is 0.558. The molecule has 70 valence electrons. The van der Waals surface area contributed by atoms with E-state index < -0.39 is 0 Å². The van der Waals surface area contributed by atoms with E-state index in [4.69, 9.17) is 0 Å². The van der Waals surface area contributed by atoms with Gasteiger partial charge in [0.15, 0.2) is 0 Å². The Morgan fingerprint density at radius 2 is 1.67 bits per heavy atom. The van der Waals surface area contributed by atoms with Gasteiger partial charge < -0.3 is 0 Å². The van der Waals surface area contributed by atoms with Crippen molar-refractivity contribution in [2.45, 2.75) is 63.5 Å². The fourth-order valence-corrected chi connectivity index (χ4v) is 3.84. The zero-order valence-electron chi connectivity index (χ0n) is 8.47. The second kappa shape index (κ2) is 4.70. The molecule has 1 heteroatoms. The van der Waals surface area contributed by atoms with Gasteiger partial charge >= 0.3 is 71.9 Å². The maximum absolute atomic E-state index is 2.86. The van der Waals surface area contributed by atoms with Gasteiger partial charge in [-0.2, -0.15) is 0 Å². The van der Waals surface area contributed by atoms with E-state index in [0.29, 0.717) is 0 Å². The molecule has 0 aromatic heterocycles. The minimum absolute atomic E-state index is 0.845. The Kier molecular flexibility index (Phi) is 4.17. The number of hydrogen-bond acceptors (Lipinski definition) is 0. The summed E-state index contributed by atoms with van der Waals surface area (Å²) in [4.78, 5) is 0. The molecule has 1 unspecified atom stereocenters. The summed E-state index contributed by atoms with van der Waals surface area (Å²) < 4.78 is 0.977. The zero-order chi connectivity index (χ0) is 9.03. The van der Waals surface area contributed by atoms with Gasteiger partial charge in [-0.3, -0.25) is 0 Å². The summed E-state index contributed by atoms with van der Waals surface area (Å²) in [6, 6.07) is 0. The summed E-state index contributed by atoms with van der Waals surface area (Å²) in [5.74, 6) is 0. The van der Waals surface area contributed by atoms with Crippen molar-refractivity contribution in [3.63, 3.8) is 0 Å². The average Bonchev–Trinajstić information content (AvgIpc) is 2.68. The van der Waals surface area contributed by atoms with Crippen molar-refractivity contribution in [1.29, 1.82) is 0 Å². The van der Waals surface area contributed by atoms with Crippen LogP contribution in [0.15, 0.2) is 0 Å². The normalized spacial score (nSPS) is 31.8. The Morgan fingerprint density at radius 3 is 2.08 bits per heavy atom. The third-order valence-electron chi connectivity index (χ3n) is 3.34. The fourth-order valence-electron chi connectivity index (χ4n) is 2.76. The molecule has 2 aliphatic rings. The van der Waals surface area contributed by atoms with Crippen molar-refractivity contribution < 1.29 is 0 Å². The molecule has 2 radical (unpaired) electrons. The first-order chi connectivity index (χ1) is 5.81. The Labute approximate surface area is 86.0 Å². The third-order valence-corrected chi connectivity index (χ3v) is 4.27. The third kappa shape index (κ3) is 2.28. The average molecular weight is 228 g/mol. The molecule has 0 aliphatic heterocycles. The van der Waals surface area contributed by atoms with E-state index >= 15 is 0 Å². The molecule has 1 atom stereocenters. The van der Waals surface area contributed by atoms with Crippen LogP contribution in [0.3, 0.4) is 0 Å². The Bertz CT molecular complexity index is 125. The first kappa shape index (κ1) is 10.6. The van der Waals surface area contributed by atoms with Crippen LogP contribution in [0.1, 0.15) is 58.8 Å². The second-order valence-electron chi connectivity index (χ2n) is 4.10. The zero-order valence-corrected chi connectivity index (χ0v) is 10.4. The molecule has 0 aromatic carbocycles. The molecule has 2 fully saturated rings. The summed E-state index contributed by atoms with van der Waals surface area (Å²) in [5.41, 5.74) is 0.845. The number of hydrogen-bond donors (Lipinski definition) is 0. The van der Waals surface area contributed by atoms with Crippen LogP contribution in [0.25, 0.3) is 0 Å². The predicted molar refractivity (Wildman–Crippen MR) is 55.6 cm³/mol. The molecule has 12 heavy (non-hydrogen) atoms. The van der Waals surface area contributed by atoms with Crippen LogP contribution in [-0.4, -0.2) is 16.9 Å². The molecule has 2 saturated carbocycles. The van der Waals surface area contributed by atoms with Gasteiger partial charge in [-0.15, -0.1) is 0 Å².